The summed E-state index contributed by atoms with van der Waals surface area (Å²) in [6.07, 6.45) is 1.44. The lowest BCUT2D eigenvalue weighted by molar-refractivity contribution is 0.0791. The number of rotatable bonds is 7. The molecule has 1 saturated heterocycles. The van der Waals surface area contributed by atoms with Crippen LogP contribution >= 0.6 is 0 Å². The van der Waals surface area contributed by atoms with Gasteiger partial charge in [-0.3, -0.25) is 4.90 Å². The number of hydrogen-bond acceptors (Lipinski definition) is 4. The first-order valence-corrected chi connectivity index (χ1v) is 9.95. The smallest absolute Gasteiger partial charge is 0.212 e. The van der Waals surface area contributed by atoms with Crippen molar-refractivity contribution in [1.82, 2.24) is 9.62 Å². The van der Waals surface area contributed by atoms with Crippen LogP contribution < -0.4 is 4.72 Å². The summed E-state index contributed by atoms with van der Waals surface area (Å²) < 4.78 is 26.7. The van der Waals surface area contributed by atoms with E-state index in [9.17, 15) is 13.5 Å². The first kappa shape index (κ1) is 18.4. The molecule has 2 rings (SSSR count). The summed E-state index contributed by atoms with van der Waals surface area (Å²) in [6.45, 7) is 6.70. The van der Waals surface area contributed by atoms with Gasteiger partial charge in [-0.05, 0) is 29.9 Å². The van der Waals surface area contributed by atoms with Crippen LogP contribution in [0, 0.1) is 5.92 Å². The van der Waals surface area contributed by atoms with Crippen molar-refractivity contribution < 1.29 is 13.5 Å². The highest BCUT2D eigenvalue weighted by molar-refractivity contribution is 7.89. The average molecular weight is 340 g/mol. The quantitative estimate of drug-likeness (QED) is 0.793. The minimum atomic E-state index is -3.23. The van der Waals surface area contributed by atoms with E-state index >= 15 is 0 Å². The van der Waals surface area contributed by atoms with E-state index in [1.54, 1.807) is 0 Å². The van der Waals surface area contributed by atoms with E-state index in [1.807, 2.05) is 32.0 Å². The molecule has 23 heavy (non-hydrogen) atoms. The van der Waals surface area contributed by atoms with E-state index in [2.05, 4.69) is 15.7 Å². The molecule has 0 unspecified atom stereocenters. The van der Waals surface area contributed by atoms with Crippen molar-refractivity contribution in [3.8, 4) is 0 Å². The maximum atomic E-state index is 12.0. The lowest BCUT2D eigenvalue weighted by atomic mass is 10.0. The number of piperidine rings is 1. The maximum absolute atomic E-state index is 12.0. The Morgan fingerprint density at radius 3 is 2.43 bits per heavy atom. The second-order valence-corrected chi connectivity index (χ2v) is 8.62. The largest absolute Gasteiger partial charge is 0.393 e. The molecule has 5 nitrogen and oxygen atoms in total. The summed E-state index contributed by atoms with van der Waals surface area (Å²) in [5, 5.41) is 9.59. The SMILES string of the molecule is CC(C)CS(=O)(=O)NCc1ccccc1CN1CCC(O)CC1. The molecule has 1 aromatic carbocycles. The minimum Gasteiger partial charge on any atom is -0.393 e. The molecular formula is C17H28N2O3S. The van der Waals surface area contributed by atoms with Gasteiger partial charge in [-0.1, -0.05) is 38.1 Å². The van der Waals surface area contributed by atoms with Crippen LogP contribution in [0.1, 0.15) is 37.8 Å². The summed E-state index contributed by atoms with van der Waals surface area (Å²) in [5.74, 6) is 0.265. The fourth-order valence-electron chi connectivity index (χ4n) is 2.89. The van der Waals surface area contributed by atoms with E-state index in [4.69, 9.17) is 0 Å². The van der Waals surface area contributed by atoms with Gasteiger partial charge in [0.2, 0.25) is 10.0 Å². The van der Waals surface area contributed by atoms with Crippen molar-refractivity contribution in [1.29, 1.82) is 0 Å². The van der Waals surface area contributed by atoms with Crippen molar-refractivity contribution in [2.24, 2.45) is 5.92 Å². The molecule has 6 heteroatoms. The zero-order valence-corrected chi connectivity index (χ0v) is 14.8. The van der Waals surface area contributed by atoms with E-state index in [0.717, 1.165) is 43.6 Å². The molecular weight excluding hydrogens is 312 g/mol. The van der Waals surface area contributed by atoms with E-state index < -0.39 is 10.0 Å². The first-order chi connectivity index (χ1) is 10.9. The molecule has 0 amide bonds. The zero-order valence-electron chi connectivity index (χ0n) is 14.0. The Labute approximate surface area is 139 Å². The van der Waals surface area contributed by atoms with Crippen LogP contribution in [0.2, 0.25) is 0 Å². The molecule has 0 radical (unpaired) electrons. The number of nitrogens with one attached hydrogen (secondary N) is 1. The standard InChI is InChI=1S/C17H28N2O3S/c1-14(2)13-23(21,22)18-11-15-5-3-4-6-16(15)12-19-9-7-17(20)8-10-19/h3-6,14,17-18,20H,7-13H2,1-2H3. The molecule has 1 aliphatic heterocycles. The number of aliphatic hydroxyl groups is 1. The molecule has 0 aliphatic carbocycles. The number of hydrogen-bond donors (Lipinski definition) is 2. The first-order valence-electron chi connectivity index (χ1n) is 8.30. The zero-order chi connectivity index (χ0) is 16.9. The van der Waals surface area contributed by atoms with Crippen molar-refractivity contribution in [3.05, 3.63) is 35.4 Å². The predicted octanol–water partition coefficient (Wildman–Crippen LogP) is 1.72. The van der Waals surface area contributed by atoms with E-state index in [0.29, 0.717) is 6.54 Å². The van der Waals surface area contributed by atoms with Gasteiger partial charge in [-0.25, -0.2) is 13.1 Å². The monoisotopic (exact) mass is 340 g/mol. The number of aliphatic hydroxyl groups excluding tert-OH is 1. The number of nitrogens with zero attached hydrogens (tertiary/aromatic N) is 1. The Morgan fingerprint density at radius 2 is 1.83 bits per heavy atom. The molecule has 1 fully saturated rings. The summed E-state index contributed by atoms with van der Waals surface area (Å²) in [4.78, 5) is 2.31. The summed E-state index contributed by atoms with van der Waals surface area (Å²) in [6, 6.07) is 7.96. The normalized spacial score (nSPS) is 17.7. The number of benzene rings is 1. The second kappa shape index (κ2) is 8.24. The van der Waals surface area contributed by atoms with Crippen LogP contribution in [-0.4, -0.2) is 43.4 Å². The van der Waals surface area contributed by atoms with Crippen molar-refractivity contribution >= 4 is 10.0 Å². The maximum Gasteiger partial charge on any atom is 0.212 e. The summed E-state index contributed by atoms with van der Waals surface area (Å²) >= 11 is 0. The lowest BCUT2D eigenvalue weighted by Gasteiger charge is -2.30. The fraction of sp³-hybridized carbons (Fsp3) is 0.647. The minimum absolute atomic E-state index is 0.113. The van der Waals surface area contributed by atoms with E-state index in [1.165, 1.54) is 0 Å². The van der Waals surface area contributed by atoms with E-state index in [-0.39, 0.29) is 17.8 Å². The highest BCUT2D eigenvalue weighted by Gasteiger charge is 2.18. The lowest BCUT2D eigenvalue weighted by Crippen LogP contribution is -2.35. The summed E-state index contributed by atoms with van der Waals surface area (Å²) in [5.41, 5.74) is 2.17. The molecule has 0 saturated carbocycles. The molecule has 0 bridgehead atoms. The Morgan fingerprint density at radius 1 is 1.22 bits per heavy atom. The highest BCUT2D eigenvalue weighted by atomic mass is 32.2. The highest BCUT2D eigenvalue weighted by Crippen LogP contribution is 2.17. The average Bonchev–Trinajstić information content (AvgIpc) is 2.47. The van der Waals surface area contributed by atoms with Gasteiger partial charge in [0.05, 0.1) is 11.9 Å². The van der Waals surface area contributed by atoms with Crippen LogP contribution in [0.3, 0.4) is 0 Å². The molecule has 2 N–H and O–H groups in total. The van der Waals surface area contributed by atoms with Gasteiger partial charge in [0, 0.05) is 26.2 Å². The topological polar surface area (TPSA) is 69.6 Å². The predicted molar refractivity (Wildman–Crippen MR) is 92.4 cm³/mol. The van der Waals surface area contributed by atoms with Gasteiger partial charge < -0.3 is 5.11 Å². The molecule has 1 aliphatic rings. The van der Waals surface area contributed by atoms with Crippen LogP contribution in [0.5, 0.6) is 0 Å². The molecule has 130 valence electrons. The Kier molecular flexibility index (Phi) is 6.59. The molecule has 0 atom stereocenters. The number of sulfonamides is 1. The molecule has 1 aromatic rings. The Balaban J connectivity index is 1.97. The Hall–Kier alpha value is -0.950. The third kappa shape index (κ3) is 6.22. The third-order valence-electron chi connectivity index (χ3n) is 4.10. The van der Waals surface area contributed by atoms with Crippen LogP contribution in [0.25, 0.3) is 0 Å². The van der Waals surface area contributed by atoms with Crippen LogP contribution in [-0.2, 0) is 23.1 Å². The third-order valence-corrected chi connectivity index (χ3v) is 5.79. The van der Waals surface area contributed by atoms with Gasteiger partial charge in [0.25, 0.3) is 0 Å². The van der Waals surface area contributed by atoms with Gasteiger partial charge in [0.15, 0.2) is 0 Å². The summed E-state index contributed by atoms with van der Waals surface area (Å²) in [7, 11) is -3.23. The van der Waals surface area contributed by atoms with Gasteiger partial charge in [-0.2, -0.15) is 0 Å². The Bertz CT molecular complexity index is 594. The van der Waals surface area contributed by atoms with Crippen molar-refractivity contribution in [2.45, 2.75) is 45.9 Å². The molecule has 0 spiro atoms. The van der Waals surface area contributed by atoms with Crippen LogP contribution in [0.15, 0.2) is 24.3 Å². The van der Waals surface area contributed by atoms with Crippen molar-refractivity contribution in [3.63, 3.8) is 0 Å². The molecule has 1 heterocycles. The fourth-order valence-corrected chi connectivity index (χ4v) is 4.26. The van der Waals surface area contributed by atoms with Crippen LogP contribution in [0.4, 0.5) is 0 Å². The van der Waals surface area contributed by atoms with Gasteiger partial charge in [-0.15, -0.1) is 0 Å². The van der Waals surface area contributed by atoms with Gasteiger partial charge >= 0.3 is 0 Å². The van der Waals surface area contributed by atoms with Crippen molar-refractivity contribution in [2.75, 3.05) is 18.8 Å². The second-order valence-electron chi connectivity index (χ2n) is 6.77. The number of likely N-dealkylation sites (tertiary alicyclic amines) is 1. The molecule has 0 aromatic heterocycles. The van der Waals surface area contributed by atoms with Gasteiger partial charge in [0.1, 0.15) is 0 Å².